The van der Waals surface area contributed by atoms with Crippen LogP contribution in [0.25, 0.3) is 11.3 Å². The molecule has 1 aromatic heterocycles. The van der Waals surface area contributed by atoms with Gasteiger partial charge in [-0.05, 0) is 12.5 Å². The standard InChI is InChI=1S/C18H22N4O2/c1-12-2-4-13(5-3-12)17-14(6-19-21-17)7-22-8-15-10-24-11-16(9-22)20-18(15)23/h2-6,15-16H,7-11H2,1H3,(H,19,21)(H,20,23)/t15-,16+/m1/s1. The lowest BCUT2D eigenvalue weighted by Crippen LogP contribution is -2.41. The van der Waals surface area contributed by atoms with Crippen LogP contribution in [0, 0.1) is 12.8 Å². The van der Waals surface area contributed by atoms with E-state index in [0.29, 0.717) is 13.2 Å². The van der Waals surface area contributed by atoms with Gasteiger partial charge in [0.1, 0.15) is 0 Å². The van der Waals surface area contributed by atoms with Gasteiger partial charge in [0.2, 0.25) is 5.91 Å². The SMILES string of the molecule is Cc1ccc(-c2[nH]ncc2CN2C[C@H]3COC[C@@H](C2)C(=O)N3)cc1. The molecule has 2 N–H and O–H groups in total. The van der Waals surface area contributed by atoms with Gasteiger partial charge in [0.25, 0.3) is 0 Å². The minimum atomic E-state index is -0.0905. The zero-order valence-electron chi connectivity index (χ0n) is 13.8. The molecule has 24 heavy (non-hydrogen) atoms. The molecule has 2 aliphatic rings. The Morgan fingerprint density at radius 3 is 2.92 bits per heavy atom. The second-order valence-electron chi connectivity index (χ2n) is 6.77. The Balaban J connectivity index is 1.55. The monoisotopic (exact) mass is 326 g/mol. The van der Waals surface area contributed by atoms with E-state index in [1.54, 1.807) is 0 Å². The highest BCUT2D eigenvalue weighted by Gasteiger charge is 2.33. The third kappa shape index (κ3) is 3.07. The molecule has 0 aliphatic carbocycles. The zero-order chi connectivity index (χ0) is 16.5. The summed E-state index contributed by atoms with van der Waals surface area (Å²) < 4.78 is 5.59. The van der Waals surface area contributed by atoms with Crippen molar-refractivity contribution in [3.8, 4) is 11.3 Å². The van der Waals surface area contributed by atoms with Gasteiger partial charge in [-0.2, -0.15) is 5.10 Å². The Morgan fingerprint density at radius 2 is 2.08 bits per heavy atom. The molecule has 2 saturated heterocycles. The van der Waals surface area contributed by atoms with Gasteiger partial charge < -0.3 is 10.1 Å². The fourth-order valence-corrected chi connectivity index (χ4v) is 3.49. The third-order valence-corrected chi connectivity index (χ3v) is 4.76. The van der Waals surface area contributed by atoms with Crippen LogP contribution in [0.5, 0.6) is 0 Å². The van der Waals surface area contributed by atoms with Crippen LogP contribution in [0.2, 0.25) is 0 Å². The van der Waals surface area contributed by atoms with Gasteiger partial charge in [-0.1, -0.05) is 29.8 Å². The van der Waals surface area contributed by atoms with Gasteiger partial charge in [0, 0.05) is 25.2 Å². The number of fused-ring (bicyclic) bond motifs is 3. The predicted octanol–water partition coefficient (Wildman–Crippen LogP) is 1.33. The molecule has 0 unspecified atom stereocenters. The van der Waals surface area contributed by atoms with Crippen molar-refractivity contribution in [1.29, 1.82) is 0 Å². The van der Waals surface area contributed by atoms with Crippen LogP contribution in [-0.2, 0) is 16.1 Å². The number of aromatic nitrogens is 2. The maximum atomic E-state index is 12.1. The number of amides is 1. The molecule has 2 aromatic rings. The van der Waals surface area contributed by atoms with Gasteiger partial charge in [0.05, 0.1) is 37.1 Å². The number of nitrogens with zero attached hydrogens (tertiary/aromatic N) is 2. The summed E-state index contributed by atoms with van der Waals surface area (Å²) >= 11 is 0. The summed E-state index contributed by atoms with van der Waals surface area (Å²) in [5.41, 5.74) is 4.59. The minimum absolute atomic E-state index is 0.0692. The summed E-state index contributed by atoms with van der Waals surface area (Å²) in [6, 6.07) is 8.51. The molecule has 2 atom stereocenters. The Hall–Kier alpha value is -2.18. The molecule has 6 heteroatoms. The Kier molecular flexibility index (Phi) is 4.08. The van der Waals surface area contributed by atoms with Gasteiger partial charge in [-0.25, -0.2) is 0 Å². The quantitative estimate of drug-likeness (QED) is 0.893. The summed E-state index contributed by atoms with van der Waals surface area (Å²) in [6.45, 7) is 5.49. The normalized spacial score (nSPS) is 24.5. The second-order valence-corrected chi connectivity index (χ2v) is 6.77. The van der Waals surface area contributed by atoms with Crippen molar-refractivity contribution in [2.24, 2.45) is 5.92 Å². The lowest BCUT2D eigenvalue weighted by atomic mass is 10.1. The van der Waals surface area contributed by atoms with Crippen molar-refractivity contribution in [3.05, 3.63) is 41.6 Å². The number of hydrogen-bond acceptors (Lipinski definition) is 4. The third-order valence-electron chi connectivity index (χ3n) is 4.76. The summed E-state index contributed by atoms with van der Waals surface area (Å²) in [4.78, 5) is 14.5. The summed E-state index contributed by atoms with van der Waals surface area (Å²) in [5, 5.41) is 10.4. The van der Waals surface area contributed by atoms with Crippen molar-refractivity contribution >= 4 is 5.91 Å². The van der Waals surface area contributed by atoms with E-state index in [4.69, 9.17) is 4.74 Å². The number of H-pyrrole nitrogens is 1. The molecule has 0 saturated carbocycles. The van der Waals surface area contributed by atoms with Gasteiger partial charge >= 0.3 is 0 Å². The van der Waals surface area contributed by atoms with Crippen molar-refractivity contribution < 1.29 is 9.53 Å². The molecule has 1 aromatic carbocycles. The number of ether oxygens (including phenoxy) is 1. The Bertz CT molecular complexity index is 725. The molecule has 0 spiro atoms. The number of hydrogen-bond donors (Lipinski definition) is 2. The minimum Gasteiger partial charge on any atom is -0.378 e. The number of benzene rings is 1. The first-order chi connectivity index (χ1) is 11.7. The van der Waals surface area contributed by atoms with E-state index in [1.807, 2.05) is 6.20 Å². The van der Waals surface area contributed by atoms with Gasteiger partial charge in [0.15, 0.2) is 0 Å². The summed E-state index contributed by atoms with van der Waals surface area (Å²) in [6.07, 6.45) is 1.89. The van der Waals surface area contributed by atoms with Crippen LogP contribution in [0.3, 0.4) is 0 Å². The number of aromatic amines is 1. The highest BCUT2D eigenvalue weighted by molar-refractivity contribution is 5.80. The van der Waals surface area contributed by atoms with Crippen molar-refractivity contribution in [1.82, 2.24) is 20.4 Å². The number of carbonyl (C=O) groups is 1. The van der Waals surface area contributed by atoms with Crippen LogP contribution in [0.15, 0.2) is 30.5 Å². The number of aryl methyl sites for hydroxylation is 1. The average Bonchev–Trinajstić information content (AvgIpc) is 2.86. The van der Waals surface area contributed by atoms with Crippen molar-refractivity contribution in [2.45, 2.75) is 19.5 Å². The lowest BCUT2D eigenvalue weighted by Gasteiger charge is -2.27. The van der Waals surface area contributed by atoms with Crippen LogP contribution in [0.4, 0.5) is 0 Å². The second kappa shape index (κ2) is 6.37. The van der Waals surface area contributed by atoms with Gasteiger partial charge in [-0.3, -0.25) is 14.8 Å². The number of carbonyl (C=O) groups excluding carboxylic acids is 1. The molecule has 1 amide bonds. The predicted molar refractivity (Wildman–Crippen MR) is 90.3 cm³/mol. The Morgan fingerprint density at radius 1 is 1.25 bits per heavy atom. The molecule has 126 valence electrons. The van der Waals surface area contributed by atoms with E-state index in [1.165, 1.54) is 5.56 Å². The number of nitrogens with one attached hydrogen (secondary N) is 2. The summed E-state index contributed by atoms with van der Waals surface area (Å²) in [5.74, 6) is 0.0261. The molecule has 3 heterocycles. The fourth-order valence-electron chi connectivity index (χ4n) is 3.49. The van der Waals surface area contributed by atoms with Crippen LogP contribution >= 0.6 is 0 Å². The lowest BCUT2D eigenvalue weighted by molar-refractivity contribution is -0.125. The summed E-state index contributed by atoms with van der Waals surface area (Å²) in [7, 11) is 0. The largest absolute Gasteiger partial charge is 0.378 e. The van der Waals surface area contributed by atoms with E-state index in [2.05, 4.69) is 51.6 Å². The van der Waals surface area contributed by atoms with E-state index >= 15 is 0 Å². The highest BCUT2D eigenvalue weighted by Crippen LogP contribution is 2.24. The topological polar surface area (TPSA) is 70.2 Å². The molecular formula is C18H22N4O2. The van der Waals surface area contributed by atoms with Crippen molar-refractivity contribution in [2.75, 3.05) is 26.3 Å². The Labute approximate surface area is 141 Å². The van der Waals surface area contributed by atoms with Gasteiger partial charge in [-0.15, -0.1) is 0 Å². The molecule has 0 radical (unpaired) electrons. The average molecular weight is 326 g/mol. The van der Waals surface area contributed by atoms with Crippen LogP contribution in [-0.4, -0.2) is 53.3 Å². The smallest absolute Gasteiger partial charge is 0.227 e. The van der Waals surface area contributed by atoms with Crippen LogP contribution < -0.4 is 5.32 Å². The number of rotatable bonds is 3. The van der Waals surface area contributed by atoms with E-state index in [-0.39, 0.29) is 17.9 Å². The van der Waals surface area contributed by atoms with E-state index < -0.39 is 0 Å². The molecule has 2 fully saturated rings. The first-order valence-corrected chi connectivity index (χ1v) is 8.39. The zero-order valence-corrected chi connectivity index (χ0v) is 13.8. The maximum absolute atomic E-state index is 12.1. The molecule has 4 rings (SSSR count). The highest BCUT2D eigenvalue weighted by atomic mass is 16.5. The molecule has 2 bridgehead atoms. The molecule has 2 aliphatic heterocycles. The first kappa shape index (κ1) is 15.4. The molecule has 6 nitrogen and oxygen atoms in total. The van der Waals surface area contributed by atoms with E-state index in [0.717, 1.165) is 36.5 Å². The fraction of sp³-hybridized carbons (Fsp3) is 0.444. The van der Waals surface area contributed by atoms with E-state index in [9.17, 15) is 4.79 Å². The van der Waals surface area contributed by atoms with Crippen molar-refractivity contribution in [3.63, 3.8) is 0 Å². The maximum Gasteiger partial charge on any atom is 0.227 e. The molecular weight excluding hydrogens is 304 g/mol. The first-order valence-electron chi connectivity index (χ1n) is 8.39. The van der Waals surface area contributed by atoms with Crippen LogP contribution in [0.1, 0.15) is 11.1 Å².